The van der Waals surface area contributed by atoms with Crippen LogP contribution in [0.4, 0.5) is 4.79 Å². The van der Waals surface area contributed by atoms with Crippen LogP contribution in [-0.4, -0.2) is 16.3 Å². The van der Waals surface area contributed by atoms with Gasteiger partial charge in [-0.15, -0.1) is 11.6 Å². The smallest absolute Gasteiger partial charge is 0.418 e. The Morgan fingerprint density at radius 3 is 2.67 bits per heavy atom. The molecule has 0 aliphatic carbocycles. The van der Waals surface area contributed by atoms with Gasteiger partial charge in [0.05, 0.1) is 5.52 Å². The SMILES string of the molecule is CC(C)(C)OC(=O)n1ccc2c(CCl)cccc21. The van der Waals surface area contributed by atoms with Crippen LogP contribution in [0.15, 0.2) is 30.5 Å². The van der Waals surface area contributed by atoms with Gasteiger partial charge in [0.15, 0.2) is 0 Å². The second kappa shape index (κ2) is 4.65. The van der Waals surface area contributed by atoms with Crippen LogP contribution in [0.5, 0.6) is 0 Å². The van der Waals surface area contributed by atoms with Crippen molar-refractivity contribution in [2.75, 3.05) is 0 Å². The summed E-state index contributed by atoms with van der Waals surface area (Å²) in [5, 5.41) is 0.985. The molecule has 4 heteroatoms. The molecule has 1 aromatic carbocycles. The number of ether oxygens (including phenoxy) is 1. The van der Waals surface area contributed by atoms with Crippen LogP contribution in [0.1, 0.15) is 26.3 Å². The summed E-state index contributed by atoms with van der Waals surface area (Å²) in [6, 6.07) is 7.61. The third kappa shape index (κ3) is 2.51. The molecule has 0 aliphatic heterocycles. The van der Waals surface area contributed by atoms with Gasteiger partial charge in [-0.05, 0) is 38.5 Å². The summed E-state index contributed by atoms with van der Waals surface area (Å²) < 4.78 is 6.87. The lowest BCUT2D eigenvalue weighted by molar-refractivity contribution is 0.0544. The zero-order valence-electron chi connectivity index (χ0n) is 10.7. The van der Waals surface area contributed by atoms with E-state index in [1.807, 2.05) is 45.0 Å². The van der Waals surface area contributed by atoms with E-state index in [9.17, 15) is 4.79 Å². The third-order valence-electron chi connectivity index (χ3n) is 2.56. The Balaban J connectivity index is 2.44. The minimum absolute atomic E-state index is 0.371. The van der Waals surface area contributed by atoms with Gasteiger partial charge in [0.1, 0.15) is 5.60 Å². The fourth-order valence-corrected chi connectivity index (χ4v) is 2.05. The largest absolute Gasteiger partial charge is 0.443 e. The van der Waals surface area contributed by atoms with Crippen LogP contribution >= 0.6 is 11.6 Å². The first-order chi connectivity index (χ1) is 8.42. The standard InChI is InChI=1S/C14H16ClNO2/c1-14(2,3)18-13(17)16-8-7-11-10(9-15)5-4-6-12(11)16/h4-8H,9H2,1-3H3. The molecule has 0 unspecified atom stereocenters. The maximum absolute atomic E-state index is 12.0. The molecular formula is C14H16ClNO2. The maximum atomic E-state index is 12.0. The number of rotatable bonds is 1. The quantitative estimate of drug-likeness (QED) is 0.725. The Labute approximate surface area is 111 Å². The van der Waals surface area contributed by atoms with Gasteiger partial charge in [-0.2, -0.15) is 0 Å². The van der Waals surface area contributed by atoms with Crippen molar-refractivity contribution in [3.63, 3.8) is 0 Å². The Morgan fingerprint density at radius 2 is 2.06 bits per heavy atom. The number of alkyl halides is 1. The van der Waals surface area contributed by atoms with E-state index in [1.54, 1.807) is 6.20 Å². The minimum Gasteiger partial charge on any atom is -0.443 e. The van der Waals surface area contributed by atoms with Crippen molar-refractivity contribution in [1.29, 1.82) is 0 Å². The van der Waals surface area contributed by atoms with Gasteiger partial charge < -0.3 is 4.74 Å². The predicted molar refractivity (Wildman–Crippen MR) is 73.1 cm³/mol. The van der Waals surface area contributed by atoms with Gasteiger partial charge >= 0.3 is 6.09 Å². The molecule has 0 N–H and O–H groups in total. The topological polar surface area (TPSA) is 31.2 Å². The van der Waals surface area contributed by atoms with E-state index >= 15 is 0 Å². The van der Waals surface area contributed by atoms with Crippen molar-refractivity contribution in [3.05, 3.63) is 36.0 Å². The summed E-state index contributed by atoms with van der Waals surface area (Å²) in [6.45, 7) is 5.54. The van der Waals surface area contributed by atoms with Crippen LogP contribution in [0.2, 0.25) is 0 Å². The molecule has 0 fully saturated rings. The van der Waals surface area contributed by atoms with E-state index < -0.39 is 5.60 Å². The van der Waals surface area contributed by atoms with E-state index in [4.69, 9.17) is 16.3 Å². The number of hydrogen-bond acceptors (Lipinski definition) is 2. The van der Waals surface area contributed by atoms with E-state index in [2.05, 4.69) is 0 Å². The highest BCUT2D eigenvalue weighted by Gasteiger charge is 2.19. The first-order valence-electron chi connectivity index (χ1n) is 5.80. The minimum atomic E-state index is -0.502. The van der Waals surface area contributed by atoms with Crippen LogP contribution in [0.25, 0.3) is 10.9 Å². The Kier molecular flexibility index (Phi) is 3.35. The van der Waals surface area contributed by atoms with Crippen LogP contribution in [0.3, 0.4) is 0 Å². The summed E-state index contributed by atoms with van der Waals surface area (Å²) in [6.07, 6.45) is 1.35. The average molecular weight is 266 g/mol. The predicted octanol–water partition coefficient (Wildman–Crippen LogP) is 4.16. The molecule has 0 atom stereocenters. The highest BCUT2D eigenvalue weighted by atomic mass is 35.5. The summed E-state index contributed by atoms with van der Waals surface area (Å²) in [5.74, 6) is 0.426. The number of halogens is 1. The molecule has 1 aromatic heterocycles. The third-order valence-corrected chi connectivity index (χ3v) is 2.85. The number of hydrogen-bond donors (Lipinski definition) is 0. The molecule has 0 aliphatic rings. The molecule has 0 spiro atoms. The van der Waals surface area contributed by atoms with Crippen molar-refractivity contribution < 1.29 is 9.53 Å². The highest BCUT2D eigenvalue weighted by molar-refractivity contribution is 6.18. The normalized spacial score (nSPS) is 11.8. The van der Waals surface area contributed by atoms with Crippen molar-refractivity contribution in [3.8, 4) is 0 Å². The zero-order valence-corrected chi connectivity index (χ0v) is 11.5. The number of benzene rings is 1. The van der Waals surface area contributed by atoms with E-state index in [-0.39, 0.29) is 6.09 Å². The van der Waals surface area contributed by atoms with Gasteiger partial charge in [-0.1, -0.05) is 12.1 Å². The van der Waals surface area contributed by atoms with E-state index in [1.165, 1.54) is 4.57 Å². The van der Waals surface area contributed by atoms with Crippen LogP contribution in [0, 0.1) is 0 Å². The van der Waals surface area contributed by atoms with E-state index in [0.29, 0.717) is 5.88 Å². The zero-order chi connectivity index (χ0) is 13.3. The van der Waals surface area contributed by atoms with Gasteiger partial charge in [-0.3, -0.25) is 4.57 Å². The monoisotopic (exact) mass is 265 g/mol. The van der Waals surface area contributed by atoms with Gasteiger partial charge in [0.2, 0.25) is 0 Å². The number of nitrogens with zero attached hydrogens (tertiary/aromatic N) is 1. The van der Waals surface area contributed by atoms with Crippen molar-refractivity contribution in [2.24, 2.45) is 0 Å². The van der Waals surface area contributed by atoms with Crippen LogP contribution in [-0.2, 0) is 10.6 Å². The van der Waals surface area contributed by atoms with Crippen molar-refractivity contribution in [1.82, 2.24) is 4.57 Å². The lowest BCUT2D eigenvalue weighted by Crippen LogP contribution is -2.26. The lowest BCUT2D eigenvalue weighted by atomic mass is 10.1. The van der Waals surface area contributed by atoms with Crippen molar-refractivity contribution in [2.45, 2.75) is 32.3 Å². The number of fused-ring (bicyclic) bond motifs is 1. The molecule has 2 aromatic rings. The average Bonchev–Trinajstić information content (AvgIpc) is 2.69. The molecule has 0 saturated heterocycles. The molecule has 0 radical (unpaired) electrons. The van der Waals surface area contributed by atoms with Gasteiger partial charge in [-0.25, -0.2) is 4.79 Å². The Hall–Kier alpha value is -1.48. The molecule has 0 amide bonds. The highest BCUT2D eigenvalue weighted by Crippen LogP contribution is 2.22. The van der Waals surface area contributed by atoms with Crippen LogP contribution < -0.4 is 0 Å². The number of carbonyl (C=O) groups is 1. The maximum Gasteiger partial charge on any atom is 0.418 e. The summed E-state index contributed by atoms with van der Waals surface area (Å²) in [4.78, 5) is 12.0. The second-order valence-corrected chi connectivity index (χ2v) is 5.42. The molecule has 0 saturated carbocycles. The first kappa shape index (κ1) is 13.0. The molecule has 18 heavy (non-hydrogen) atoms. The van der Waals surface area contributed by atoms with Crippen molar-refractivity contribution >= 4 is 28.6 Å². The van der Waals surface area contributed by atoms with Gasteiger partial charge in [0, 0.05) is 17.5 Å². The molecule has 0 bridgehead atoms. The molecule has 96 valence electrons. The molecule has 3 nitrogen and oxygen atoms in total. The molecule has 2 rings (SSSR count). The fraction of sp³-hybridized carbons (Fsp3) is 0.357. The molecular weight excluding hydrogens is 250 g/mol. The second-order valence-electron chi connectivity index (χ2n) is 5.15. The first-order valence-corrected chi connectivity index (χ1v) is 6.34. The Morgan fingerprint density at radius 1 is 1.33 bits per heavy atom. The summed E-state index contributed by atoms with van der Waals surface area (Å²) in [7, 11) is 0. The summed E-state index contributed by atoms with van der Waals surface area (Å²) >= 11 is 5.88. The number of aromatic nitrogens is 1. The van der Waals surface area contributed by atoms with Gasteiger partial charge in [0.25, 0.3) is 0 Å². The summed E-state index contributed by atoms with van der Waals surface area (Å²) in [5.41, 5.74) is 1.33. The van der Waals surface area contributed by atoms with E-state index in [0.717, 1.165) is 16.5 Å². The lowest BCUT2D eigenvalue weighted by Gasteiger charge is -2.19. The Bertz CT molecular complexity index is 581. The molecule has 1 heterocycles. The number of carbonyl (C=O) groups excluding carboxylic acids is 1. The fourth-order valence-electron chi connectivity index (χ4n) is 1.82.